The Balaban J connectivity index is 1.89. The van der Waals surface area contributed by atoms with E-state index in [4.69, 9.17) is 16.3 Å². The Kier molecular flexibility index (Phi) is 7.57. The summed E-state index contributed by atoms with van der Waals surface area (Å²) in [5.74, 6) is -0.316. The highest BCUT2D eigenvalue weighted by Crippen LogP contribution is 2.26. The molecule has 0 heterocycles. The number of hydrogen-bond acceptors (Lipinski definition) is 5. The molecular weight excluding hydrogens is 466 g/mol. The largest absolute Gasteiger partial charge is 0.497 e. The number of amides is 2. The molecule has 0 aliphatic carbocycles. The van der Waals surface area contributed by atoms with E-state index in [0.29, 0.717) is 22.1 Å². The summed E-state index contributed by atoms with van der Waals surface area (Å²) in [6, 6.07) is 18.5. The van der Waals surface area contributed by atoms with Gasteiger partial charge in [-0.05, 0) is 66.7 Å². The van der Waals surface area contributed by atoms with Gasteiger partial charge in [-0.15, -0.1) is 0 Å². The third-order valence-corrected chi connectivity index (χ3v) is 6.56. The zero-order chi connectivity index (χ0) is 24.0. The van der Waals surface area contributed by atoms with Crippen LogP contribution in [0.2, 0.25) is 5.02 Å². The van der Waals surface area contributed by atoms with Crippen LogP contribution >= 0.6 is 11.6 Å². The Labute approximate surface area is 197 Å². The molecule has 0 aromatic heterocycles. The van der Waals surface area contributed by atoms with Gasteiger partial charge in [0, 0.05) is 23.3 Å². The molecule has 0 atom stereocenters. The Morgan fingerprint density at radius 3 is 2.12 bits per heavy atom. The molecule has 2 N–H and O–H groups in total. The fourth-order valence-electron chi connectivity index (χ4n) is 3.01. The van der Waals surface area contributed by atoms with E-state index in [0.717, 1.165) is 4.31 Å². The summed E-state index contributed by atoms with van der Waals surface area (Å²) < 4.78 is 32.9. The number of rotatable bonds is 8. The van der Waals surface area contributed by atoms with E-state index in [2.05, 4.69) is 10.6 Å². The molecule has 10 heteroatoms. The highest BCUT2D eigenvalue weighted by molar-refractivity contribution is 7.92. The van der Waals surface area contributed by atoms with Crippen molar-refractivity contribution in [2.75, 3.05) is 28.6 Å². The average molecular weight is 488 g/mol. The maximum atomic E-state index is 13.4. The van der Waals surface area contributed by atoms with Crippen molar-refractivity contribution in [3.05, 3.63) is 77.8 Å². The van der Waals surface area contributed by atoms with Gasteiger partial charge in [0.05, 0.1) is 17.7 Å². The van der Waals surface area contributed by atoms with Crippen LogP contribution in [-0.4, -0.2) is 33.9 Å². The van der Waals surface area contributed by atoms with Crippen molar-refractivity contribution in [3.8, 4) is 5.75 Å². The maximum absolute atomic E-state index is 13.4. The second-order valence-electron chi connectivity index (χ2n) is 6.97. The van der Waals surface area contributed by atoms with Gasteiger partial charge in [0.2, 0.25) is 11.8 Å². The molecule has 0 fully saturated rings. The molecule has 8 nitrogen and oxygen atoms in total. The van der Waals surface area contributed by atoms with Crippen LogP contribution in [0.5, 0.6) is 5.75 Å². The number of nitrogens with zero attached hydrogens (tertiary/aromatic N) is 1. The van der Waals surface area contributed by atoms with Crippen LogP contribution in [0.4, 0.5) is 17.1 Å². The minimum Gasteiger partial charge on any atom is -0.497 e. The van der Waals surface area contributed by atoms with E-state index in [9.17, 15) is 18.0 Å². The highest BCUT2D eigenvalue weighted by Gasteiger charge is 2.27. The number of anilines is 3. The van der Waals surface area contributed by atoms with Gasteiger partial charge in [-0.25, -0.2) is 8.42 Å². The van der Waals surface area contributed by atoms with E-state index in [1.54, 1.807) is 36.4 Å². The Bertz CT molecular complexity index is 1250. The summed E-state index contributed by atoms with van der Waals surface area (Å²) in [6.45, 7) is 0.889. The number of nitrogens with one attached hydrogen (secondary N) is 2. The van der Waals surface area contributed by atoms with E-state index in [1.165, 1.54) is 50.4 Å². The minimum absolute atomic E-state index is 0.00120. The summed E-state index contributed by atoms with van der Waals surface area (Å²) in [4.78, 5) is 24.1. The van der Waals surface area contributed by atoms with Gasteiger partial charge >= 0.3 is 0 Å². The average Bonchev–Trinajstić information content (AvgIpc) is 2.78. The summed E-state index contributed by atoms with van der Waals surface area (Å²) in [5.41, 5.74) is 1.18. The quantitative estimate of drug-likeness (QED) is 0.497. The van der Waals surface area contributed by atoms with Crippen LogP contribution in [0.25, 0.3) is 0 Å². The van der Waals surface area contributed by atoms with Gasteiger partial charge in [0.15, 0.2) is 0 Å². The number of hydrogen-bond donors (Lipinski definition) is 2. The van der Waals surface area contributed by atoms with Gasteiger partial charge in [0.1, 0.15) is 12.3 Å². The number of ether oxygens (including phenoxy) is 1. The van der Waals surface area contributed by atoms with Crippen molar-refractivity contribution < 1.29 is 22.7 Å². The van der Waals surface area contributed by atoms with Crippen LogP contribution in [0.15, 0.2) is 77.7 Å². The van der Waals surface area contributed by atoms with Crippen molar-refractivity contribution in [1.82, 2.24) is 0 Å². The lowest BCUT2D eigenvalue weighted by atomic mass is 10.2. The first-order valence-corrected chi connectivity index (χ1v) is 11.6. The molecule has 172 valence electrons. The predicted octanol–water partition coefficient (Wildman–Crippen LogP) is 4.14. The molecule has 0 bridgehead atoms. The summed E-state index contributed by atoms with van der Waals surface area (Å²) >= 11 is 5.95. The molecule has 0 radical (unpaired) electrons. The van der Waals surface area contributed by atoms with E-state index in [-0.39, 0.29) is 16.5 Å². The van der Waals surface area contributed by atoms with Gasteiger partial charge in [-0.3, -0.25) is 13.9 Å². The van der Waals surface area contributed by atoms with E-state index < -0.39 is 22.5 Å². The molecule has 0 saturated carbocycles. The van der Waals surface area contributed by atoms with Crippen molar-refractivity contribution in [2.45, 2.75) is 11.8 Å². The molecule has 2 amide bonds. The number of halogens is 1. The van der Waals surface area contributed by atoms with Gasteiger partial charge in [-0.2, -0.15) is 0 Å². The molecule has 3 aromatic carbocycles. The fourth-order valence-corrected chi connectivity index (χ4v) is 4.55. The Morgan fingerprint density at radius 2 is 1.55 bits per heavy atom. The standard InChI is InChI=1S/C23H22ClN3O5S/c1-16(28)25-18-4-3-5-19(14-18)26-23(29)15-27(20-8-6-17(24)7-9-20)33(30,31)22-12-10-21(32-2)11-13-22/h3-14H,15H2,1-2H3,(H,25,28)(H,26,29). The molecule has 3 aromatic rings. The lowest BCUT2D eigenvalue weighted by Gasteiger charge is -2.24. The maximum Gasteiger partial charge on any atom is 0.264 e. The third-order valence-electron chi connectivity index (χ3n) is 4.52. The molecule has 3 rings (SSSR count). The first-order chi connectivity index (χ1) is 15.7. The summed E-state index contributed by atoms with van der Waals surface area (Å²) in [5, 5.41) is 5.72. The summed E-state index contributed by atoms with van der Waals surface area (Å²) in [6.07, 6.45) is 0. The molecule has 0 unspecified atom stereocenters. The van der Waals surface area contributed by atoms with Gasteiger partial charge in [-0.1, -0.05) is 17.7 Å². The SMILES string of the molecule is COc1ccc(S(=O)(=O)N(CC(=O)Nc2cccc(NC(C)=O)c2)c2ccc(Cl)cc2)cc1. The van der Waals surface area contributed by atoms with Crippen molar-refractivity contribution >= 4 is 50.5 Å². The molecule has 0 aliphatic heterocycles. The van der Waals surface area contributed by atoms with Crippen LogP contribution in [-0.2, 0) is 19.6 Å². The van der Waals surface area contributed by atoms with Crippen molar-refractivity contribution in [2.24, 2.45) is 0 Å². The molecule has 0 spiro atoms. The number of carbonyl (C=O) groups excluding carboxylic acids is 2. The third kappa shape index (κ3) is 6.24. The Morgan fingerprint density at radius 1 is 0.939 bits per heavy atom. The van der Waals surface area contributed by atoms with Gasteiger partial charge in [0.25, 0.3) is 10.0 Å². The second-order valence-corrected chi connectivity index (χ2v) is 9.27. The van der Waals surface area contributed by atoms with Crippen LogP contribution in [0, 0.1) is 0 Å². The molecular formula is C23H22ClN3O5S. The molecule has 0 saturated heterocycles. The number of sulfonamides is 1. The summed E-state index contributed by atoms with van der Waals surface area (Å²) in [7, 11) is -2.61. The minimum atomic E-state index is -4.09. The normalized spacial score (nSPS) is 10.9. The van der Waals surface area contributed by atoms with Crippen LogP contribution in [0.3, 0.4) is 0 Å². The number of methoxy groups -OCH3 is 1. The number of benzene rings is 3. The first kappa shape index (κ1) is 24.1. The van der Waals surface area contributed by atoms with Gasteiger partial charge < -0.3 is 15.4 Å². The first-order valence-electron chi connectivity index (χ1n) is 9.79. The van der Waals surface area contributed by atoms with Crippen LogP contribution in [0.1, 0.15) is 6.92 Å². The molecule has 33 heavy (non-hydrogen) atoms. The fraction of sp³-hybridized carbons (Fsp3) is 0.130. The second kappa shape index (κ2) is 10.4. The van der Waals surface area contributed by atoms with Crippen LogP contribution < -0.4 is 19.7 Å². The predicted molar refractivity (Wildman–Crippen MR) is 128 cm³/mol. The van der Waals surface area contributed by atoms with E-state index >= 15 is 0 Å². The van der Waals surface area contributed by atoms with E-state index in [1.807, 2.05) is 0 Å². The smallest absolute Gasteiger partial charge is 0.264 e. The topological polar surface area (TPSA) is 105 Å². The monoisotopic (exact) mass is 487 g/mol. The highest BCUT2D eigenvalue weighted by atomic mass is 35.5. The number of carbonyl (C=O) groups is 2. The Hall–Kier alpha value is -3.56. The van der Waals surface area contributed by atoms with Crippen molar-refractivity contribution in [3.63, 3.8) is 0 Å². The lowest BCUT2D eigenvalue weighted by Crippen LogP contribution is -2.38. The zero-order valence-electron chi connectivity index (χ0n) is 17.9. The molecule has 0 aliphatic rings. The van der Waals surface area contributed by atoms with Crippen molar-refractivity contribution in [1.29, 1.82) is 0 Å². The zero-order valence-corrected chi connectivity index (χ0v) is 19.5. The lowest BCUT2D eigenvalue weighted by molar-refractivity contribution is -0.115.